The predicted molar refractivity (Wildman–Crippen MR) is 143 cm³/mol. The van der Waals surface area contributed by atoms with Crippen LogP contribution in [0.2, 0.25) is 10.0 Å². The lowest BCUT2D eigenvalue weighted by Gasteiger charge is -2.16. The van der Waals surface area contributed by atoms with Crippen LogP contribution >= 0.6 is 35.0 Å². The molecule has 0 aliphatic carbocycles. The first-order valence-electron chi connectivity index (χ1n) is 11.0. The number of carbonyl (C=O) groups is 1. The SMILES string of the molecule is CC(C)n1c(SCCNC(=O)c2ccc(Cl)c(Cl)c2)nc(-c2ccccc2)c1-c1ccccc1. The molecule has 34 heavy (non-hydrogen) atoms. The van der Waals surface area contributed by atoms with Crippen LogP contribution in [0.3, 0.4) is 0 Å². The molecular formula is C27H25Cl2N3OS. The number of nitrogens with zero attached hydrogens (tertiary/aromatic N) is 2. The molecular weight excluding hydrogens is 485 g/mol. The fourth-order valence-electron chi connectivity index (χ4n) is 3.71. The lowest BCUT2D eigenvalue weighted by molar-refractivity contribution is 0.0956. The standard InChI is InChI=1S/C27H25Cl2N3OS/c1-18(2)32-25(20-11-7-4-8-12-20)24(19-9-5-3-6-10-19)31-27(32)34-16-15-30-26(33)21-13-14-22(28)23(29)17-21/h3-14,17-18H,15-16H2,1-2H3,(H,30,33). The molecule has 0 spiro atoms. The number of carbonyl (C=O) groups excluding carboxylic acids is 1. The van der Waals surface area contributed by atoms with Crippen LogP contribution in [0, 0.1) is 0 Å². The molecule has 0 unspecified atom stereocenters. The average Bonchev–Trinajstić information content (AvgIpc) is 3.24. The highest BCUT2D eigenvalue weighted by Crippen LogP contribution is 2.38. The maximum atomic E-state index is 12.5. The van der Waals surface area contributed by atoms with Crippen LogP contribution in [0.5, 0.6) is 0 Å². The molecule has 0 fully saturated rings. The van der Waals surface area contributed by atoms with E-state index < -0.39 is 0 Å². The first kappa shape index (κ1) is 24.4. The molecule has 0 aliphatic rings. The monoisotopic (exact) mass is 509 g/mol. The summed E-state index contributed by atoms with van der Waals surface area (Å²) in [6.45, 7) is 4.83. The zero-order chi connectivity index (χ0) is 24.1. The lowest BCUT2D eigenvalue weighted by Crippen LogP contribution is -2.25. The maximum Gasteiger partial charge on any atom is 0.251 e. The van der Waals surface area contributed by atoms with Gasteiger partial charge in [0.2, 0.25) is 0 Å². The zero-order valence-corrected chi connectivity index (χ0v) is 21.3. The molecule has 7 heteroatoms. The van der Waals surface area contributed by atoms with E-state index in [4.69, 9.17) is 28.2 Å². The number of hydrogen-bond acceptors (Lipinski definition) is 3. The topological polar surface area (TPSA) is 46.9 Å². The highest BCUT2D eigenvalue weighted by molar-refractivity contribution is 7.99. The number of halogens is 2. The molecule has 4 aromatic rings. The Kier molecular flexibility index (Phi) is 7.99. The summed E-state index contributed by atoms with van der Waals surface area (Å²) in [6, 6.07) is 25.7. The highest BCUT2D eigenvalue weighted by atomic mass is 35.5. The van der Waals surface area contributed by atoms with E-state index in [0.717, 1.165) is 27.7 Å². The van der Waals surface area contributed by atoms with Crippen molar-refractivity contribution < 1.29 is 4.79 Å². The molecule has 174 valence electrons. The summed E-state index contributed by atoms with van der Waals surface area (Å²) < 4.78 is 2.28. The van der Waals surface area contributed by atoms with Crippen molar-refractivity contribution in [3.63, 3.8) is 0 Å². The summed E-state index contributed by atoms with van der Waals surface area (Å²) >= 11 is 13.6. The summed E-state index contributed by atoms with van der Waals surface area (Å²) in [7, 11) is 0. The molecule has 1 N–H and O–H groups in total. The Morgan fingerprint density at radius 3 is 2.21 bits per heavy atom. The highest BCUT2D eigenvalue weighted by Gasteiger charge is 2.22. The Balaban J connectivity index is 1.56. The van der Waals surface area contributed by atoms with Gasteiger partial charge in [-0.1, -0.05) is 95.6 Å². The zero-order valence-electron chi connectivity index (χ0n) is 19.0. The van der Waals surface area contributed by atoms with Gasteiger partial charge in [0.05, 0.1) is 21.4 Å². The Morgan fingerprint density at radius 2 is 1.59 bits per heavy atom. The van der Waals surface area contributed by atoms with Gasteiger partial charge >= 0.3 is 0 Å². The van der Waals surface area contributed by atoms with Crippen LogP contribution in [0.15, 0.2) is 84.0 Å². The molecule has 0 radical (unpaired) electrons. The Bertz CT molecular complexity index is 1270. The first-order valence-corrected chi connectivity index (χ1v) is 12.8. The first-order chi connectivity index (χ1) is 16.5. The minimum Gasteiger partial charge on any atom is -0.351 e. The quantitative estimate of drug-likeness (QED) is 0.196. The van der Waals surface area contributed by atoms with Gasteiger partial charge < -0.3 is 9.88 Å². The van der Waals surface area contributed by atoms with E-state index in [1.54, 1.807) is 30.0 Å². The van der Waals surface area contributed by atoms with Crippen molar-refractivity contribution in [2.45, 2.75) is 25.0 Å². The molecule has 3 aromatic carbocycles. The van der Waals surface area contributed by atoms with Crippen LogP contribution in [0.1, 0.15) is 30.2 Å². The van der Waals surface area contributed by atoms with Crippen molar-refractivity contribution in [1.29, 1.82) is 0 Å². The van der Waals surface area contributed by atoms with Crippen molar-refractivity contribution >= 4 is 40.9 Å². The van der Waals surface area contributed by atoms with Crippen LogP contribution in [-0.2, 0) is 0 Å². The molecule has 1 heterocycles. The van der Waals surface area contributed by atoms with Crippen molar-refractivity contribution in [1.82, 2.24) is 14.9 Å². The molecule has 0 bridgehead atoms. The number of benzene rings is 3. The minimum absolute atomic E-state index is 0.179. The van der Waals surface area contributed by atoms with Gasteiger partial charge in [-0.15, -0.1) is 0 Å². The maximum absolute atomic E-state index is 12.5. The predicted octanol–water partition coefficient (Wildman–Crippen LogP) is 7.63. The second-order valence-electron chi connectivity index (χ2n) is 8.02. The van der Waals surface area contributed by atoms with Gasteiger partial charge in [0.1, 0.15) is 0 Å². The third-order valence-electron chi connectivity index (χ3n) is 5.29. The number of nitrogens with one attached hydrogen (secondary N) is 1. The van der Waals surface area contributed by atoms with Crippen molar-refractivity contribution in [2.75, 3.05) is 12.3 Å². The molecule has 4 rings (SSSR count). The third kappa shape index (κ3) is 5.49. The summed E-state index contributed by atoms with van der Waals surface area (Å²) in [5.74, 6) is 0.500. The van der Waals surface area contributed by atoms with Gasteiger partial charge in [-0.25, -0.2) is 4.98 Å². The van der Waals surface area contributed by atoms with Gasteiger partial charge in [0.25, 0.3) is 5.91 Å². The fourth-order valence-corrected chi connectivity index (χ4v) is 4.99. The molecule has 0 atom stereocenters. The third-order valence-corrected chi connectivity index (χ3v) is 6.98. The number of rotatable bonds is 8. The smallest absolute Gasteiger partial charge is 0.251 e. The molecule has 1 aromatic heterocycles. The fraction of sp³-hybridized carbons (Fsp3) is 0.185. The van der Waals surface area contributed by atoms with E-state index in [2.05, 4.69) is 48.0 Å². The number of amides is 1. The molecule has 4 nitrogen and oxygen atoms in total. The summed E-state index contributed by atoms with van der Waals surface area (Å²) in [5, 5.41) is 4.67. The summed E-state index contributed by atoms with van der Waals surface area (Å²) in [4.78, 5) is 17.5. The Labute approximate surface area is 214 Å². The van der Waals surface area contributed by atoms with E-state index in [9.17, 15) is 4.79 Å². The Hall–Kier alpha value is -2.73. The van der Waals surface area contributed by atoms with Gasteiger partial charge in [-0.2, -0.15) is 0 Å². The van der Waals surface area contributed by atoms with Crippen LogP contribution < -0.4 is 5.32 Å². The second kappa shape index (κ2) is 11.1. The van der Waals surface area contributed by atoms with E-state index in [1.165, 1.54) is 0 Å². The minimum atomic E-state index is -0.179. The average molecular weight is 510 g/mol. The Morgan fingerprint density at radius 1 is 0.941 bits per heavy atom. The number of thioether (sulfide) groups is 1. The second-order valence-corrected chi connectivity index (χ2v) is 9.90. The molecule has 0 aliphatic heterocycles. The van der Waals surface area contributed by atoms with Crippen LogP contribution in [0.4, 0.5) is 0 Å². The molecule has 0 saturated heterocycles. The number of aromatic nitrogens is 2. The largest absolute Gasteiger partial charge is 0.351 e. The van der Waals surface area contributed by atoms with E-state index in [1.807, 2.05) is 36.4 Å². The molecule has 1 amide bonds. The van der Waals surface area contributed by atoms with Gasteiger partial charge in [-0.3, -0.25) is 4.79 Å². The van der Waals surface area contributed by atoms with Gasteiger partial charge in [0, 0.05) is 35.0 Å². The van der Waals surface area contributed by atoms with Crippen molar-refractivity contribution in [3.05, 3.63) is 94.5 Å². The van der Waals surface area contributed by atoms with Gasteiger partial charge in [0.15, 0.2) is 5.16 Å². The van der Waals surface area contributed by atoms with Gasteiger partial charge in [-0.05, 0) is 32.0 Å². The number of imidazole rings is 1. The normalized spacial score (nSPS) is 11.1. The van der Waals surface area contributed by atoms with E-state index >= 15 is 0 Å². The van der Waals surface area contributed by atoms with Crippen LogP contribution in [-0.4, -0.2) is 27.8 Å². The van der Waals surface area contributed by atoms with E-state index in [-0.39, 0.29) is 11.9 Å². The summed E-state index contributed by atoms with van der Waals surface area (Å²) in [6.07, 6.45) is 0. The lowest BCUT2D eigenvalue weighted by atomic mass is 10.0. The number of hydrogen-bond donors (Lipinski definition) is 1. The molecule has 0 saturated carbocycles. The van der Waals surface area contributed by atoms with Crippen molar-refractivity contribution in [2.24, 2.45) is 0 Å². The van der Waals surface area contributed by atoms with E-state index in [0.29, 0.717) is 27.9 Å². The van der Waals surface area contributed by atoms with Crippen molar-refractivity contribution in [3.8, 4) is 22.5 Å². The van der Waals surface area contributed by atoms with Crippen LogP contribution in [0.25, 0.3) is 22.5 Å². The summed E-state index contributed by atoms with van der Waals surface area (Å²) in [5.41, 5.74) is 4.76.